The Morgan fingerprint density at radius 2 is 2.11 bits per heavy atom. The van der Waals surface area contributed by atoms with Gasteiger partial charge in [0.05, 0.1) is 12.6 Å². The van der Waals surface area contributed by atoms with Gasteiger partial charge in [-0.05, 0) is 19.4 Å². The normalized spacial score (nSPS) is 14.0. The summed E-state index contributed by atoms with van der Waals surface area (Å²) in [6.07, 6.45) is 3.10. The van der Waals surface area contributed by atoms with Crippen LogP contribution in [0.15, 0.2) is 43.0 Å². The fraction of sp³-hybridized carbons (Fsp3) is 0.357. The van der Waals surface area contributed by atoms with E-state index in [1.165, 1.54) is 6.33 Å². The molecule has 2 aromatic rings. The van der Waals surface area contributed by atoms with E-state index in [0.717, 1.165) is 5.56 Å². The molecule has 0 fully saturated rings. The predicted molar refractivity (Wildman–Crippen MR) is 72.0 cm³/mol. The van der Waals surface area contributed by atoms with Gasteiger partial charge in [0.15, 0.2) is 5.54 Å². The van der Waals surface area contributed by atoms with E-state index >= 15 is 0 Å². The molecule has 0 aliphatic rings. The second kappa shape index (κ2) is 5.63. The van der Waals surface area contributed by atoms with Crippen LogP contribution in [0.1, 0.15) is 19.4 Å². The second-order valence-corrected chi connectivity index (χ2v) is 4.78. The van der Waals surface area contributed by atoms with E-state index in [2.05, 4.69) is 21.5 Å². The molecular formula is C14H17N5. The lowest BCUT2D eigenvalue weighted by Crippen LogP contribution is -2.48. The van der Waals surface area contributed by atoms with Gasteiger partial charge >= 0.3 is 0 Å². The maximum Gasteiger partial charge on any atom is 0.152 e. The van der Waals surface area contributed by atoms with Crippen molar-refractivity contribution in [2.45, 2.75) is 32.0 Å². The van der Waals surface area contributed by atoms with Crippen molar-refractivity contribution in [2.75, 3.05) is 0 Å². The topological polar surface area (TPSA) is 66.5 Å². The van der Waals surface area contributed by atoms with Crippen molar-refractivity contribution in [2.24, 2.45) is 0 Å². The van der Waals surface area contributed by atoms with Crippen LogP contribution < -0.4 is 5.32 Å². The molecule has 98 valence electrons. The van der Waals surface area contributed by atoms with Gasteiger partial charge in [0.25, 0.3) is 0 Å². The van der Waals surface area contributed by atoms with Crippen LogP contribution in [0.4, 0.5) is 0 Å². The van der Waals surface area contributed by atoms with Gasteiger partial charge in [-0.15, -0.1) is 0 Å². The van der Waals surface area contributed by atoms with Crippen LogP contribution in [0, 0.1) is 11.3 Å². The third-order valence-electron chi connectivity index (χ3n) is 2.86. The number of hydrogen-bond donors (Lipinski definition) is 1. The summed E-state index contributed by atoms with van der Waals surface area (Å²) in [5.74, 6) is 0. The molecule has 0 amide bonds. The van der Waals surface area contributed by atoms with E-state index in [4.69, 9.17) is 0 Å². The SMILES string of the molecule is CC(C)NC(C#N)(Cn1cncn1)c1ccccc1. The maximum absolute atomic E-state index is 9.70. The van der Waals surface area contributed by atoms with Crippen LogP contribution in [0.5, 0.6) is 0 Å². The Balaban J connectivity index is 2.40. The van der Waals surface area contributed by atoms with E-state index in [9.17, 15) is 5.26 Å². The van der Waals surface area contributed by atoms with Gasteiger partial charge in [0, 0.05) is 6.04 Å². The van der Waals surface area contributed by atoms with Gasteiger partial charge in [0.1, 0.15) is 12.7 Å². The van der Waals surface area contributed by atoms with E-state index in [1.807, 2.05) is 44.2 Å². The highest BCUT2D eigenvalue weighted by atomic mass is 15.3. The van der Waals surface area contributed by atoms with Crippen molar-refractivity contribution >= 4 is 0 Å². The molecule has 0 bridgehead atoms. The van der Waals surface area contributed by atoms with E-state index in [1.54, 1.807) is 11.0 Å². The Hall–Kier alpha value is -2.19. The van der Waals surface area contributed by atoms with Crippen LogP contribution in [0.25, 0.3) is 0 Å². The van der Waals surface area contributed by atoms with Crippen LogP contribution >= 0.6 is 0 Å². The zero-order chi connectivity index (χ0) is 13.7. The Morgan fingerprint density at radius 1 is 1.37 bits per heavy atom. The third-order valence-corrected chi connectivity index (χ3v) is 2.86. The van der Waals surface area contributed by atoms with E-state index in [-0.39, 0.29) is 6.04 Å². The average Bonchev–Trinajstić information content (AvgIpc) is 2.91. The minimum Gasteiger partial charge on any atom is -0.292 e. The number of benzene rings is 1. The molecular weight excluding hydrogens is 238 g/mol. The van der Waals surface area contributed by atoms with Crippen LogP contribution in [-0.2, 0) is 12.1 Å². The summed E-state index contributed by atoms with van der Waals surface area (Å²) in [5, 5.41) is 17.1. The third kappa shape index (κ3) is 2.98. The Labute approximate surface area is 112 Å². The molecule has 0 aliphatic carbocycles. The summed E-state index contributed by atoms with van der Waals surface area (Å²) in [4.78, 5) is 3.93. The Bertz CT molecular complexity index is 541. The zero-order valence-electron chi connectivity index (χ0n) is 11.1. The van der Waals surface area contributed by atoms with Crippen molar-refractivity contribution in [1.29, 1.82) is 5.26 Å². The lowest BCUT2D eigenvalue weighted by molar-refractivity contribution is 0.325. The summed E-state index contributed by atoms with van der Waals surface area (Å²) in [7, 11) is 0. The number of nitrogens with zero attached hydrogens (tertiary/aromatic N) is 4. The molecule has 1 N–H and O–H groups in total. The number of rotatable bonds is 5. The Kier molecular flexibility index (Phi) is 3.93. The highest BCUT2D eigenvalue weighted by Crippen LogP contribution is 2.23. The minimum absolute atomic E-state index is 0.184. The molecule has 2 rings (SSSR count). The molecule has 0 saturated carbocycles. The summed E-state index contributed by atoms with van der Waals surface area (Å²) in [5.41, 5.74) is 0.130. The molecule has 1 atom stereocenters. The first kappa shape index (κ1) is 13.2. The first-order valence-corrected chi connectivity index (χ1v) is 6.23. The lowest BCUT2D eigenvalue weighted by atomic mass is 9.90. The fourth-order valence-electron chi connectivity index (χ4n) is 2.13. The maximum atomic E-state index is 9.70. The average molecular weight is 255 g/mol. The molecule has 5 heteroatoms. The second-order valence-electron chi connectivity index (χ2n) is 4.78. The summed E-state index contributed by atoms with van der Waals surface area (Å²) >= 11 is 0. The van der Waals surface area contributed by atoms with Crippen LogP contribution in [-0.4, -0.2) is 20.8 Å². The van der Waals surface area contributed by atoms with Crippen LogP contribution in [0.3, 0.4) is 0 Å². The highest BCUT2D eigenvalue weighted by Gasteiger charge is 2.33. The molecule has 1 aromatic heterocycles. The molecule has 1 aromatic carbocycles. The lowest BCUT2D eigenvalue weighted by Gasteiger charge is -2.30. The molecule has 0 radical (unpaired) electrons. The van der Waals surface area contributed by atoms with Crippen molar-refractivity contribution in [3.63, 3.8) is 0 Å². The molecule has 0 saturated heterocycles. The van der Waals surface area contributed by atoms with Crippen molar-refractivity contribution < 1.29 is 0 Å². The largest absolute Gasteiger partial charge is 0.292 e. The van der Waals surface area contributed by atoms with Gasteiger partial charge in [0.2, 0.25) is 0 Å². The summed E-state index contributed by atoms with van der Waals surface area (Å²) < 4.78 is 1.67. The zero-order valence-corrected chi connectivity index (χ0v) is 11.1. The molecule has 0 spiro atoms. The highest BCUT2D eigenvalue weighted by molar-refractivity contribution is 5.31. The fourth-order valence-corrected chi connectivity index (χ4v) is 2.13. The molecule has 0 aliphatic heterocycles. The minimum atomic E-state index is -0.802. The number of aromatic nitrogens is 3. The smallest absolute Gasteiger partial charge is 0.152 e. The monoisotopic (exact) mass is 255 g/mol. The molecule has 1 unspecified atom stereocenters. The van der Waals surface area contributed by atoms with E-state index in [0.29, 0.717) is 6.54 Å². The van der Waals surface area contributed by atoms with E-state index < -0.39 is 5.54 Å². The molecule has 1 heterocycles. The first-order valence-electron chi connectivity index (χ1n) is 6.23. The van der Waals surface area contributed by atoms with Gasteiger partial charge in [-0.3, -0.25) is 5.32 Å². The first-order chi connectivity index (χ1) is 9.16. The number of hydrogen-bond acceptors (Lipinski definition) is 4. The van der Waals surface area contributed by atoms with Gasteiger partial charge in [-0.1, -0.05) is 30.3 Å². The predicted octanol–water partition coefficient (Wildman–Crippen LogP) is 1.70. The summed E-state index contributed by atoms with van der Waals surface area (Å²) in [6.45, 7) is 4.47. The van der Waals surface area contributed by atoms with Crippen molar-refractivity contribution in [1.82, 2.24) is 20.1 Å². The Morgan fingerprint density at radius 3 is 2.63 bits per heavy atom. The number of nitrogens with one attached hydrogen (secondary N) is 1. The van der Waals surface area contributed by atoms with Gasteiger partial charge in [-0.25, -0.2) is 9.67 Å². The van der Waals surface area contributed by atoms with Gasteiger partial charge < -0.3 is 0 Å². The van der Waals surface area contributed by atoms with Crippen molar-refractivity contribution in [3.8, 4) is 6.07 Å². The number of nitriles is 1. The quantitative estimate of drug-likeness (QED) is 0.883. The van der Waals surface area contributed by atoms with Gasteiger partial charge in [-0.2, -0.15) is 10.4 Å². The van der Waals surface area contributed by atoms with Crippen molar-refractivity contribution in [3.05, 3.63) is 48.5 Å². The summed E-state index contributed by atoms with van der Waals surface area (Å²) in [6, 6.07) is 12.3. The van der Waals surface area contributed by atoms with Crippen LogP contribution in [0.2, 0.25) is 0 Å². The standard InChI is InChI=1S/C14H17N5/c1-12(2)18-14(8-15,9-19-11-16-10-17-19)13-6-4-3-5-7-13/h3-7,10-12,18H,9H2,1-2H3. The molecule has 5 nitrogen and oxygen atoms in total. The molecule has 19 heavy (non-hydrogen) atoms.